The number of carbonyl (C=O) groups is 1. The van der Waals surface area contributed by atoms with Crippen LogP contribution < -0.4 is 5.32 Å². The van der Waals surface area contributed by atoms with E-state index in [1.54, 1.807) is 0 Å². The van der Waals surface area contributed by atoms with Crippen LogP contribution in [0.4, 0.5) is 0 Å². The second-order valence-electron chi connectivity index (χ2n) is 5.27. The first-order valence-corrected chi connectivity index (χ1v) is 8.12. The van der Waals surface area contributed by atoms with Gasteiger partial charge in [0.05, 0.1) is 17.8 Å². The highest BCUT2D eigenvalue weighted by Crippen LogP contribution is 2.34. The topological polar surface area (TPSA) is 29.1 Å². The van der Waals surface area contributed by atoms with Gasteiger partial charge in [0.25, 0.3) is 0 Å². The lowest BCUT2D eigenvalue weighted by Crippen LogP contribution is -2.32. The molecular weight excluding hydrogens is 350 g/mol. The Bertz CT molecular complexity index is 656. The van der Waals surface area contributed by atoms with Crippen LogP contribution in [0.15, 0.2) is 53.0 Å². The van der Waals surface area contributed by atoms with Gasteiger partial charge in [-0.2, -0.15) is 0 Å². The van der Waals surface area contributed by atoms with Gasteiger partial charge in [-0.1, -0.05) is 52.3 Å². The van der Waals surface area contributed by atoms with Crippen molar-refractivity contribution in [1.82, 2.24) is 5.32 Å². The minimum absolute atomic E-state index is 0.00433. The molecule has 0 saturated heterocycles. The van der Waals surface area contributed by atoms with E-state index in [1.165, 1.54) is 5.56 Å². The third-order valence-electron chi connectivity index (χ3n) is 3.76. The van der Waals surface area contributed by atoms with Crippen LogP contribution in [-0.2, 0) is 17.6 Å². The molecule has 3 rings (SSSR count). The van der Waals surface area contributed by atoms with Gasteiger partial charge < -0.3 is 5.32 Å². The molecule has 0 heterocycles. The van der Waals surface area contributed by atoms with Gasteiger partial charge in [-0.15, -0.1) is 11.6 Å². The Kier molecular flexibility index (Phi) is 4.32. The zero-order chi connectivity index (χ0) is 14.8. The second kappa shape index (κ2) is 6.20. The first-order valence-electron chi connectivity index (χ1n) is 6.89. The molecule has 2 nitrogen and oxygen atoms in total. The predicted molar refractivity (Wildman–Crippen MR) is 88.5 cm³/mol. The summed E-state index contributed by atoms with van der Waals surface area (Å²) < 4.78 is 1.01. The van der Waals surface area contributed by atoms with Crippen LogP contribution in [0.5, 0.6) is 0 Å². The highest BCUT2D eigenvalue weighted by Gasteiger charge is 2.31. The summed E-state index contributed by atoms with van der Waals surface area (Å²) in [6, 6.07) is 15.8. The van der Waals surface area contributed by atoms with Crippen molar-refractivity contribution in [2.45, 2.75) is 24.3 Å². The molecule has 2 atom stereocenters. The molecule has 21 heavy (non-hydrogen) atoms. The number of hydrogen-bond acceptors (Lipinski definition) is 1. The molecule has 0 aromatic heterocycles. The zero-order valence-corrected chi connectivity index (χ0v) is 13.7. The molecule has 1 N–H and O–H groups in total. The minimum atomic E-state index is -0.0918. The van der Waals surface area contributed by atoms with E-state index in [-0.39, 0.29) is 17.3 Å². The van der Waals surface area contributed by atoms with Gasteiger partial charge >= 0.3 is 0 Å². The molecular formula is C17H15BrClNO. The monoisotopic (exact) mass is 363 g/mol. The highest BCUT2D eigenvalue weighted by molar-refractivity contribution is 9.10. The highest BCUT2D eigenvalue weighted by atomic mass is 79.9. The molecule has 1 amide bonds. The molecule has 2 unspecified atom stereocenters. The van der Waals surface area contributed by atoms with E-state index in [1.807, 2.05) is 42.5 Å². The molecule has 0 saturated carbocycles. The van der Waals surface area contributed by atoms with Crippen LogP contribution in [0, 0.1) is 0 Å². The molecule has 0 aliphatic heterocycles. The van der Waals surface area contributed by atoms with Crippen molar-refractivity contribution >= 4 is 33.4 Å². The van der Waals surface area contributed by atoms with Crippen LogP contribution in [-0.4, -0.2) is 11.3 Å². The molecule has 0 bridgehead atoms. The Morgan fingerprint density at radius 3 is 2.67 bits per heavy atom. The lowest BCUT2D eigenvalue weighted by Gasteiger charge is -2.17. The Morgan fingerprint density at radius 2 is 1.90 bits per heavy atom. The SMILES string of the molecule is O=C(Cc1ccc(Br)cc1)NC1c2ccccc2CC1Cl. The van der Waals surface area contributed by atoms with Gasteiger partial charge in [0, 0.05) is 4.47 Å². The van der Waals surface area contributed by atoms with E-state index in [9.17, 15) is 4.79 Å². The quantitative estimate of drug-likeness (QED) is 0.819. The molecule has 2 aromatic carbocycles. The fraction of sp³-hybridized carbons (Fsp3) is 0.235. The first kappa shape index (κ1) is 14.6. The van der Waals surface area contributed by atoms with Gasteiger partial charge in [-0.3, -0.25) is 4.79 Å². The van der Waals surface area contributed by atoms with E-state index < -0.39 is 0 Å². The van der Waals surface area contributed by atoms with Crippen LogP contribution in [0.25, 0.3) is 0 Å². The third kappa shape index (κ3) is 3.30. The van der Waals surface area contributed by atoms with Gasteiger partial charge in [0.15, 0.2) is 0 Å². The molecule has 108 valence electrons. The van der Waals surface area contributed by atoms with E-state index in [0.29, 0.717) is 6.42 Å². The summed E-state index contributed by atoms with van der Waals surface area (Å²) in [6.07, 6.45) is 1.18. The van der Waals surface area contributed by atoms with Crippen LogP contribution >= 0.6 is 27.5 Å². The molecule has 0 radical (unpaired) electrons. The van der Waals surface area contributed by atoms with Crippen molar-refractivity contribution in [3.63, 3.8) is 0 Å². The number of benzene rings is 2. The van der Waals surface area contributed by atoms with Crippen molar-refractivity contribution < 1.29 is 4.79 Å². The summed E-state index contributed by atoms with van der Waals surface area (Å²) in [4.78, 5) is 12.2. The fourth-order valence-electron chi connectivity index (χ4n) is 2.73. The molecule has 0 spiro atoms. The van der Waals surface area contributed by atoms with Crippen molar-refractivity contribution in [3.8, 4) is 0 Å². The second-order valence-corrected chi connectivity index (χ2v) is 6.74. The van der Waals surface area contributed by atoms with Gasteiger partial charge in [0.2, 0.25) is 5.91 Å². The molecule has 1 aliphatic rings. The summed E-state index contributed by atoms with van der Waals surface area (Å²) in [5.41, 5.74) is 3.36. The fourth-order valence-corrected chi connectivity index (χ4v) is 3.36. The van der Waals surface area contributed by atoms with Gasteiger partial charge in [0.1, 0.15) is 0 Å². The predicted octanol–water partition coefficient (Wildman–Crippen LogP) is 4.01. The van der Waals surface area contributed by atoms with Crippen molar-refractivity contribution in [2.24, 2.45) is 0 Å². The third-order valence-corrected chi connectivity index (χ3v) is 4.70. The normalized spacial score (nSPS) is 20.1. The van der Waals surface area contributed by atoms with E-state index in [2.05, 4.69) is 27.3 Å². The molecule has 1 aliphatic carbocycles. The summed E-state index contributed by atoms with van der Waals surface area (Å²) in [6.45, 7) is 0. The number of halogens is 2. The maximum atomic E-state index is 12.2. The van der Waals surface area contributed by atoms with Crippen LogP contribution in [0.3, 0.4) is 0 Å². The Labute approximate surface area is 137 Å². The van der Waals surface area contributed by atoms with Gasteiger partial charge in [-0.05, 0) is 35.2 Å². The standard InChI is InChI=1S/C17H15BrClNO/c18-13-7-5-11(6-8-13)9-16(21)20-17-14-4-2-1-3-12(14)10-15(17)19/h1-8,15,17H,9-10H2,(H,20,21). The molecule has 4 heteroatoms. The summed E-state index contributed by atoms with van der Waals surface area (Å²) in [5, 5.41) is 2.99. The average molecular weight is 365 g/mol. The molecule has 0 fully saturated rings. The number of nitrogens with one attached hydrogen (secondary N) is 1. The minimum Gasteiger partial charge on any atom is -0.347 e. The number of amides is 1. The van der Waals surface area contributed by atoms with Crippen molar-refractivity contribution in [3.05, 3.63) is 69.7 Å². The molecule has 2 aromatic rings. The summed E-state index contributed by atoms with van der Waals surface area (Å²) in [5.74, 6) is 0.00433. The van der Waals surface area contributed by atoms with E-state index in [0.717, 1.165) is 22.0 Å². The lowest BCUT2D eigenvalue weighted by atomic mass is 10.1. The maximum Gasteiger partial charge on any atom is 0.224 e. The van der Waals surface area contributed by atoms with Crippen molar-refractivity contribution in [2.75, 3.05) is 0 Å². The Morgan fingerprint density at radius 1 is 1.19 bits per heavy atom. The van der Waals surface area contributed by atoms with Crippen molar-refractivity contribution in [1.29, 1.82) is 0 Å². The van der Waals surface area contributed by atoms with Gasteiger partial charge in [-0.25, -0.2) is 0 Å². The Balaban J connectivity index is 1.69. The number of fused-ring (bicyclic) bond motifs is 1. The number of hydrogen-bond donors (Lipinski definition) is 1. The first-order chi connectivity index (χ1) is 10.1. The maximum absolute atomic E-state index is 12.2. The lowest BCUT2D eigenvalue weighted by molar-refractivity contribution is -0.121. The zero-order valence-electron chi connectivity index (χ0n) is 11.4. The van der Waals surface area contributed by atoms with Crippen LogP contribution in [0.2, 0.25) is 0 Å². The summed E-state index contributed by atoms with van der Waals surface area (Å²) in [7, 11) is 0. The average Bonchev–Trinajstić information content (AvgIpc) is 2.78. The largest absolute Gasteiger partial charge is 0.347 e. The van der Waals surface area contributed by atoms with E-state index in [4.69, 9.17) is 11.6 Å². The van der Waals surface area contributed by atoms with E-state index >= 15 is 0 Å². The van der Waals surface area contributed by atoms with Crippen LogP contribution in [0.1, 0.15) is 22.7 Å². The number of alkyl halides is 1. The Hall–Kier alpha value is -1.32. The summed E-state index contributed by atoms with van der Waals surface area (Å²) >= 11 is 9.78. The number of rotatable bonds is 3. The number of carbonyl (C=O) groups excluding carboxylic acids is 1. The smallest absolute Gasteiger partial charge is 0.224 e.